The van der Waals surface area contributed by atoms with E-state index < -0.39 is 0 Å². The Hall–Kier alpha value is -4.14. The maximum atomic E-state index is 2.36. The molecule has 0 heterocycles. The Balaban J connectivity index is -0.000000210. The van der Waals surface area contributed by atoms with Crippen molar-refractivity contribution in [2.45, 2.75) is 296 Å². The van der Waals surface area contributed by atoms with Gasteiger partial charge in [0.15, 0.2) is 0 Å². The number of nitrogens with one attached hydrogen (secondary N) is 1. The number of rotatable bonds is 43. The summed E-state index contributed by atoms with van der Waals surface area (Å²) in [4.78, 5) is 1.42. The van der Waals surface area contributed by atoms with E-state index in [-0.39, 0.29) is 37.1 Å². The van der Waals surface area contributed by atoms with Crippen LogP contribution in [0, 0.1) is 0 Å². The van der Waals surface area contributed by atoms with E-state index in [0.717, 1.165) is 48.5 Å². The Labute approximate surface area is 632 Å². The first-order valence-corrected chi connectivity index (χ1v) is 39.2. The highest BCUT2D eigenvalue weighted by atomic mass is 15.3. The summed E-state index contributed by atoms with van der Waals surface area (Å²) in [6, 6.07) is 53.4. The first-order valence-electron chi connectivity index (χ1n) is 39.2. The minimum absolute atomic E-state index is 0. The summed E-state index contributed by atoms with van der Waals surface area (Å²) >= 11 is 0. The summed E-state index contributed by atoms with van der Waals surface area (Å²) < 4.78 is 5.35. The van der Waals surface area contributed by atoms with Crippen LogP contribution in [0.25, 0.3) is 0 Å². The van der Waals surface area contributed by atoms with E-state index in [0.29, 0.717) is 0 Å². The number of quaternary nitrogens is 6. The lowest BCUT2D eigenvalue weighted by atomic mass is 10.1. The van der Waals surface area contributed by atoms with Crippen LogP contribution in [-0.2, 0) is 26.1 Å². The number of para-hydroxylation sites is 1. The molecule has 1 N–H and O–H groups in total. The molecule has 0 saturated carbocycles. The zero-order valence-electron chi connectivity index (χ0n) is 67.2. The highest BCUT2D eigenvalue weighted by Gasteiger charge is 2.16. The van der Waals surface area contributed by atoms with Crippen LogP contribution >= 0.6 is 0 Å². The van der Waals surface area contributed by atoms with E-state index in [1.807, 2.05) is 6.07 Å². The summed E-state index contributed by atoms with van der Waals surface area (Å²) in [5, 5.41) is 0. The van der Waals surface area contributed by atoms with Gasteiger partial charge in [0.25, 0.3) is 0 Å². The van der Waals surface area contributed by atoms with Crippen molar-refractivity contribution in [1.29, 1.82) is 0 Å². The van der Waals surface area contributed by atoms with Gasteiger partial charge in [-0.05, 0) is 62.6 Å². The third kappa shape index (κ3) is 86.3. The summed E-state index contributed by atoms with van der Waals surface area (Å²) in [6.45, 7) is 16.3. The van der Waals surface area contributed by atoms with Crippen molar-refractivity contribution >= 4 is 5.69 Å². The normalized spacial score (nSPS) is 11.1. The Morgan fingerprint density at radius 1 is 0.240 bits per heavy atom. The fourth-order valence-electron chi connectivity index (χ4n) is 11.2. The molecule has 0 radical (unpaired) electrons. The summed E-state index contributed by atoms with van der Waals surface area (Å²) in [5.41, 5.74) is 7.03. The Bertz CT molecular complexity index is 2200. The van der Waals surface area contributed by atoms with Crippen molar-refractivity contribution in [3.63, 3.8) is 0 Å². The molecule has 1 atom stereocenters. The molecule has 6 nitrogen and oxygen atoms in total. The van der Waals surface area contributed by atoms with Crippen LogP contribution in [0.2, 0.25) is 0 Å². The Morgan fingerprint density at radius 2 is 0.440 bits per heavy atom. The molecule has 5 rings (SSSR count). The lowest BCUT2D eigenvalue weighted by molar-refractivity contribution is -0.903. The molecule has 0 fully saturated rings. The number of benzene rings is 5. The smallest absolute Gasteiger partial charge is 0.131 e. The van der Waals surface area contributed by atoms with Crippen LogP contribution in [-0.4, -0.2) is 155 Å². The van der Waals surface area contributed by atoms with Gasteiger partial charge in [-0.2, -0.15) is 0 Å². The summed E-state index contributed by atoms with van der Waals surface area (Å²) in [7, 11) is 35.5. The molecule has 0 amide bonds. The zero-order valence-corrected chi connectivity index (χ0v) is 67.2. The minimum atomic E-state index is 0. The van der Waals surface area contributed by atoms with Crippen LogP contribution in [0.5, 0.6) is 0 Å². The molecule has 0 spiro atoms. The van der Waals surface area contributed by atoms with Gasteiger partial charge >= 0.3 is 0 Å². The lowest BCUT2D eigenvalue weighted by Crippen LogP contribution is -3.02. The van der Waals surface area contributed by atoms with Gasteiger partial charge in [-0.25, -0.2) is 0 Å². The lowest BCUT2D eigenvalue weighted by Gasteiger charge is -2.30. The number of hydrogen-bond acceptors (Lipinski definition) is 0. The molecule has 0 saturated heterocycles. The predicted molar refractivity (Wildman–Crippen MR) is 462 cm³/mol. The average Bonchev–Trinajstić information content (AvgIpc) is 0.919. The fraction of sp³-hybridized carbons (Fsp3) is 0.681. The Morgan fingerprint density at radius 3 is 0.660 bits per heavy atom. The van der Waals surface area contributed by atoms with Crippen LogP contribution in [0.4, 0.5) is 5.69 Å². The molecular formula is C94H184N6+6. The second-order valence-electron chi connectivity index (χ2n) is 32.9. The topological polar surface area (TPSA) is 4.44 Å². The summed E-state index contributed by atoms with van der Waals surface area (Å²) in [6.07, 6.45) is 47.0. The largest absolute Gasteiger partial charge is 0.333 e. The van der Waals surface area contributed by atoms with Gasteiger partial charge in [0.05, 0.1) is 132 Å². The van der Waals surface area contributed by atoms with E-state index in [9.17, 15) is 0 Å². The monoisotopic (exact) mass is 1400 g/mol. The molecule has 0 aliphatic rings. The Kier molecular flexibility index (Phi) is 78.5. The molecule has 5 aromatic rings. The van der Waals surface area contributed by atoms with E-state index in [1.165, 1.54) is 258 Å². The third-order valence-electron chi connectivity index (χ3n) is 16.7. The van der Waals surface area contributed by atoms with Gasteiger partial charge in [0.2, 0.25) is 0 Å². The van der Waals surface area contributed by atoms with Crippen molar-refractivity contribution in [3.8, 4) is 0 Å². The van der Waals surface area contributed by atoms with Crippen LogP contribution in [0.3, 0.4) is 0 Å². The van der Waals surface area contributed by atoms with Gasteiger partial charge in [-0.1, -0.05) is 371 Å². The molecule has 0 aliphatic carbocycles. The van der Waals surface area contributed by atoms with Crippen molar-refractivity contribution in [1.82, 2.24) is 0 Å². The van der Waals surface area contributed by atoms with Crippen LogP contribution < -0.4 is 4.90 Å². The quantitative estimate of drug-likeness (QED) is 0.0293. The number of hydrogen-bond donors (Lipinski definition) is 1. The van der Waals surface area contributed by atoms with Crippen LogP contribution in [0.1, 0.15) is 293 Å². The number of unbranched alkanes of at least 4 members (excludes halogenated alkanes) is 29. The second-order valence-corrected chi connectivity index (χ2v) is 32.9. The van der Waals surface area contributed by atoms with Gasteiger partial charge in [0.1, 0.15) is 25.3 Å². The highest BCUT2D eigenvalue weighted by molar-refractivity contribution is 5.28. The van der Waals surface area contributed by atoms with Crippen LogP contribution in [0.15, 0.2) is 152 Å². The van der Waals surface area contributed by atoms with Gasteiger partial charge in [0, 0.05) is 16.7 Å². The first-order chi connectivity index (χ1) is 45.1. The van der Waals surface area contributed by atoms with Gasteiger partial charge in [-0.15, -0.1) is 0 Å². The standard InChI is InChI=1S/2C21H38N.C17H38N.C14H15N.C8H10.2C4H12N.5CH4/c2*1-4-5-6-7-8-9-10-11-12-16-19-22(2,3)20-21-17-14-13-15-18-21;1-5-6-7-8-9-10-11-12-13-14-15-16-17-18(2,3)4;1-15(14-10-6-3-7-11-14)12-13-8-4-2-5-9-13;1-2-8-6-4-3-5-7-8;2*1-5(2,3)4;;;;;/h2*13-15,17-18H,4-12,16,19-20H2,1-3H3;5-17H2,1-4H3;2-11H,12H2,1H3;3-7H,2H2,1H3;2*1-4H3;5*1H4/q3*+1;;;2*+1;;;;;/p+1. The van der Waals surface area contributed by atoms with Gasteiger partial charge < -0.3 is 27.3 Å². The predicted octanol–water partition coefficient (Wildman–Crippen LogP) is 25.9. The van der Waals surface area contributed by atoms with Crippen molar-refractivity contribution in [3.05, 3.63) is 174 Å². The molecule has 0 aliphatic heterocycles. The van der Waals surface area contributed by atoms with E-state index >= 15 is 0 Å². The average molecular weight is 1400 g/mol. The number of nitrogens with zero attached hydrogens (tertiary/aromatic N) is 5. The molecule has 1 unspecified atom stereocenters. The molecule has 6 heteroatoms. The summed E-state index contributed by atoms with van der Waals surface area (Å²) in [5.74, 6) is 0. The highest BCUT2D eigenvalue weighted by Crippen LogP contribution is 2.17. The van der Waals surface area contributed by atoms with Crippen molar-refractivity contribution in [2.24, 2.45) is 0 Å². The molecule has 584 valence electrons. The molecule has 5 aromatic carbocycles. The fourth-order valence-corrected chi connectivity index (χ4v) is 11.2. The maximum Gasteiger partial charge on any atom is 0.131 e. The second kappa shape index (κ2) is 71.8. The molecule has 0 aromatic heterocycles. The minimum Gasteiger partial charge on any atom is -0.333 e. The van der Waals surface area contributed by atoms with Crippen molar-refractivity contribution < 1.29 is 27.3 Å². The van der Waals surface area contributed by atoms with E-state index in [4.69, 9.17) is 0 Å². The first kappa shape index (κ1) is 109. The maximum absolute atomic E-state index is 2.36. The SMILES string of the molecule is C.C.C.C.C.CCCCCCCCCCCCCC[N+](C)(C)C.CCCCCCCCCCCC[N+](C)(C)Cc1ccccc1.CCCCCCCCCCCC[N+](C)(C)Cc1ccccc1.CCc1ccccc1.C[N+](C)(C)C.C[N+](C)(C)C.C[NH+](Cc1ccccc1)c1ccccc1. The molecule has 0 bridgehead atoms. The van der Waals surface area contributed by atoms with E-state index in [1.54, 1.807) is 0 Å². The molecule has 100 heavy (non-hydrogen) atoms. The number of aryl methyl sites for hydroxylation is 1. The third-order valence-corrected chi connectivity index (χ3v) is 16.7. The van der Waals surface area contributed by atoms with E-state index in [2.05, 4.69) is 286 Å². The van der Waals surface area contributed by atoms with Gasteiger partial charge in [-0.3, -0.25) is 0 Å². The zero-order chi connectivity index (χ0) is 71.2. The molecular weight excluding hydrogens is 1210 g/mol. The van der Waals surface area contributed by atoms with Crippen molar-refractivity contribution in [2.75, 3.05) is 132 Å².